The Hall–Kier alpha value is -2.63. The van der Waals surface area contributed by atoms with Crippen LogP contribution in [0, 0.1) is 0 Å². The molecule has 0 fully saturated rings. The van der Waals surface area contributed by atoms with Crippen LogP contribution < -0.4 is 5.56 Å². The second-order valence-electron chi connectivity index (χ2n) is 3.99. The minimum Gasteiger partial charge on any atom is -0.491 e. The molecule has 0 aliphatic heterocycles. The predicted molar refractivity (Wildman–Crippen MR) is 74.4 cm³/mol. The topological polar surface area (TPSA) is 81.3 Å². The number of H-pyrrole nitrogens is 1. The lowest BCUT2D eigenvalue weighted by atomic mass is 10.1. The third-order valence-electron chi connectivity index (χ3n) is 2.71. The lowest BCUT2D eigenvalue weighted by Crippen LogP contribution is -2.13. The van der Waals surface area contributed by atoms with Crippen LogP contribution in [0.15, 0.2) is 29.6 Å². The summed E-state index contributed by atoms with van der Waals surface area (Å²) in [5.41, 5.74) is 0.390. The van der Waals surface area contributed by atoms with Gasteiger partial charge in [-0.1, -0.05) is 6.58 Å². The van der Waals surface area contributed by atoms with Crippen molar-refractivity contribution in [3.63, 3.8) is 0 Å². The SMILES string of the molecule is C=C(OCC)c1nc2cc(C(=O)OC)ccc2c(=O)[nH]1. The molecule has 1 N–H and O–H groups in total. The summed E-state index contributed by atoms with van der Waals surface area (Å²) >= 11 is 0. The molecule has 1 aromatic carbocycles. The monoisotopic (exact) mass is 274 g/mol. The highest BCUT2D eigenvalue weighted by Crippen LogP contribution is 2.14. The maximum atomic E-state index is 12.0. The van der Waals surface area contributed by atoms with Crippen molar-refractivity contribution in [1.29, 1.82) is 0 Å². The van der Waals surface area contributed by atoms with Gasteiger partial charge >= 0.3 is 5.97 Å². The Kier molecular flexibility index (Phi) is 3.84. The zero-order valence-corrected chi connectivity index (χ0v) is 11.2. The Balaban J connectivity index is 2.58. The molecule has 0 amide bonds. The van der Waals surface area contributed by atoms with Gasteiger partial charge in [0, 0.05) is 0 Å². The molecule has 0 atom stereocenters. The number of carbonyl (C=O) groups excluding carboxylic acids is 1. The van der Waals surface area contributed by atoms with Crippen molar-refractivity contribution in [2.75, 3.05) is 13.7 Å². The molecule has 6 heteroatoms. The Morgan fingerprint density at radius 3 is 2.85 bits per heavy atom. The van der Waals surface area contributed by atoms with Gasteiger partial charge in [-0.05, 0) is 25.1 Å². The number of hydrogen-bond acceptors (Lipinski definition) is 5. The van der Waals surface area contributed by atoms with Crippen LogP contribution in [0.5, 0.6) is 0 Å². The van der Waals surface area contributed by atoms with Gasteiger partial charge in [0.15, 0.2) is 11.6 Å². The van der Waals surface area contributed by atoms with E-state index in [4.69, 9.17) is 4.74 Å². The van der Waals surface area contributed by atoms with Crippen molar-refractivity contribution in [3.05, 3.63) is 46.5 Å². The molecular weight excluding hydrogens is 260 g/mol. The Morgan fingerprint density at radius 2 is 2.20 bits per heavy atom. The van der Waals surface area contributed by atoms with Crippen molar-refractivity contribution in [2.24, 2.45) is 0 Å². The van der Waals surface area contributed by atoms with E-state index in [0.29, 0.717) is 23.1 Å². The molecule has 0 aliphatic carbocycles. The van der Waals surface area contributed by atoms with Gasteiger partial charge in [-0.25, -0.2) is 9.78 Å². The third kappa shape index (κ3) is 2.54. The molecule has 20 heavy (non-hydrogen) atoms. The summed E-state index contributed by atoms with van der Waals surface area (Å²) in [7, 11) is 1.29. The van der Waals surface area contributed by atoms with E-state index in [9.17, 15) is 9.59 Å². The molecule has 0 saturated heterocycles. The van der Waals surface area contributed by atoms with E-state index in [1.807, 2.05) is 0 Å². The van der Waals surface area contributed by atoms with E-state index in [1.54, 1.807) is 6.92 Å². The molecular formula is C14H14N2O4. The van der Waals surface area contributed by atoms with Gasteiger partial charge in [0.2, 0.25) is 0 Å². The van der Waals surface area contributed by atoms with Gasteiger partial charge in [-0.15, -0.1) is 0 Å². The number of methoxy groups -OCH3 is 1. The van der Waals surface area contributed by atoms with Crippen LogP contribution in [-0.2, 0) is 9.47 Å². The van der Waals surface area contributed by atoms with E-state index in [1.165, 1.54) is 25.3 Å². The quantitative estimate of drug-likeness (QED) is 0.678. The van der Waals surface area contributed by atoms with E-state index < -0.39 is 5.97 Å². The fraction of sp³-hybridized carbons (Fsp3) is 0.214. The number of carbonyl (C=O) groups is 1. The average Bonchev–Trinajstić information content (AvgIpc) is 2.46. The van der Waals surface area contributed by atoms with Crippen molar-refractivity contribution >= 4 is 22.6 Å². The number of ether oxygens (including phenoxy) is 2. The van der Waals surface area contributed by atoms with Crippen molar-refractivity contribution < 1.29 is 14.3 Å². The maximum absolute atomic E-state index is 12.0. The van der Waals surface area contributed by atoms with Crippen LogP contribution >= 0.6 is 0 Å². The molecule has 0 saturated carbocycles. The number of nitrogens with zero attached hydrogens (tertiary/aromatic N) is 1. The minimum atomic E-state index is -0.487. The van der Waals surface area contributed by atoms with E-state index in [2.05, 4.69) is 21.3 Å². The first-order valence-electron chi connectivity index (χ1n) is 6.01. The first-order valence-corrected chi connectivity index (χ1v) is 6.01. The highest BCUT2D eigenvalue weighted by molar-refractivity contribution is 5.94. The number of rotatable bonds is 4. The molecule has 0 radical (unpaired) electrons. The Bertz CT molecular complexity index is 734. The molecule has 0 unspecified atom stereocenters. The first-order chi connectivity index (χ1) is 9.56. The summed E-state index contributed by atoms with van der Waals surface area (Å²) in [5.74, 6) is 0.0282. The Labute approximate surface area is 115 Å². The van der Waals surface area contributed by atoms with Crippen LogP contribution in [0.4, 0.5) is 0 Å². The maximum Gasteiger partial charge on any atom is 0.337 e. The highest BCUT2D eigenvalue weighted by atomic mass is 16.5. The summed E-state index contributed by atoms with van der Waals surface area (Å²) in [4.78, 5) is 30.3. The normalized spacial score (nSPS) is 10.3. The van der Waals surface area contributed by atoms with Gasteiger partial charge in [-0.3, -0.25) is 4.79 Å². The summed E-state index contributed by atoms with van der Waals surface area (Å²) in [5, 5.41) is 0.380. The first kappa shape index (κ1) is 13.8. The van der Waals surface area contributed by atoms with Gasteiger partial charge in [0.1, 0.15) is 0 Å². The molecule has 1 heterocycles. The second-order valence-corrected chi connectivity index (χ2v) is 3.99. The van der Waals surface area contributed by atoms with Crippen LogP contribution in [0.2, 0.25) is 0 Å². The largest absolute Gasteiger partial charge is 0.491 e. The van der Waals surface area contributed by atoms with E-state index >= 15 is 0 Å². The highest BCUT2D eigenvalue weighted by Gasteiger charge is 2.11. The molecule has 2 aromatic rings. The zero-order valence-electron chi connectivity index (χ0n) is 11.2. The number of hydrogen-bond donors (Lipinski definition) is 1. The van der Waals surface area contributed by atoms with Gasteiger partial charge in [0.25, 0.3) is 5.56 Å². The van der Waals surface area contributed by atoms with E-state index in [-0.39, 0.29) is 17.1 Å². The molecule has 104 valence electrons. The van der Waals surface area contributed by atoms with Crippen molar-refractivity contribution in [2.45, 2.75) is 6.92 Å². The molecule has 0 aliphatic rings. The van der Waals surface area contributed by atoms with Crippen LogP contribution in [0.1, 0.15) is 23.1 Å². The lowest BCUT2D eigenvalue weighted by molar-refractivity contribution is 0.0601. The lowest BCUT2D eigenvalue weighted by Gasteiger charge is -2.07. The summed E-state index contributed by atoms with van der Waals surface area (Å²) in [6, 6.07) is 4.54. The average molecular weight is 274 g/mol. The third-order valence-corrected chi connectivity index (χ3v) is 2.71. The number of benzene rings is 1. The number of nitrogens with one attached hydrogen (secondary N) is 1. The van der Waals surface area contributed by atoms with Crippen molar-refractivity contribution in [1.82, 2.24) is 9.97 Å². The van der Waals surface area contributed by atoms with Gasteiger partial charge in [-0.2, -0.15) is 0 Å². The number of esters is 1. The fourth-order valence-electron chi connectivity index (χ4n) is 1.76. The van der Waals surface area contributed by atoms with Gasteiger partial charge in [0.05, 0.1) is 30.2 Å². The summed E-state index contributed by atoms with van der Waals surface area (Å²) in [6.45, 7) is 5.91. The van der Waals surface area contributed by atoms with Crippen LogP contribution in [-0.4, -0.2) is 29.7 Å². The zero-order chi connectivity index (χ0) is 14.7. The predicted octanol–water partition coefficient (Wildman–Crippen LogP) is 1.72. The van der Waals surface area contributed by atoms with Gasteiger partial charge < -0.3 is 14.5 Å². The molecule has 0 bridgehead atoms. The Morgan fingerprint density at radius 1 is 1.45 bits per heavy atom. The second kappa shape index (κ2) is 5.56. The fourth-order valence-corrected chi connectivity index (χ4v) is 1.76. The van der Waals surface area contributed by atoms with E-state index in [0.717, 1.165) is 0 Å². The summed E-state index contributed by atoms with van der Waals surface area (Å²) < 4.78 is 9.85. The summed E-state index contributed by atoms with van der Waals surface area (Å²) in [6.07, 6.45) is 0. The molecule has 2 rings (SSSR count). The van der Waals surface area contributed by atoms with Crippen LogP contribution in [0.3, 0.4) is 0 Å². The smallest absolute Gasteiger partial charge is 0.337 e. The number of aromatic nitrogens is 2. The number of aromatic amines is 1. The minimum absolute atomic E-state index is 0.242. The number of fused-ring (bicyclic) bond motifs is 1. The standard InChI is InChI=1S/C14H14N2O4/c1-4-20-8(2)12-15-11-7-9(14(18)19-3)5-6-10(11)13(17)16-12/h5-7H,2,4H2,1,3H3,(H,15,16,17). The molecule has 1 aromatic heterocycles. The van der Waals surface area contributed by atoms with Crippen LogP contribution in [0.25, 0.3) is 16.7 Å². The molecule has 0 spiro atoms. The molecule has 6 nitrogen and oxygen atoms in total. The van der Waals surface area contributed by atoms with Crippen molar-refractivity contribution in [3.8, 4) is 0 Å².